The number of benzene rings is 1. The summed E-state index contributed by atoms with van der Waals surface area (Å²) in [5.41, 5.74) is 0.587. The first kappa shape index (κ1) is 16.6. The zero-order valence-corrected chi connectivity index (χ0v) is 13.9. The topological polar surface area (TPSA) is 41.5 Å². The fourth-order valence-electron chi connectivity index (χ4n) is 2.92. The van der Waals surface area contributed by atoms with Gasteiger partial charge in [-0.2, -0.15) is 0 Å². The Labute approximate surface area is 140 Å². The number of hydrogen-bond acceptors (Lipinski definition) is 4. The van der Waals surface area contributed by atoms with Gasteiger partial charge >= 0.3 is 0 Å². The molecule has 3 nitrogen and oxygen atoms in total. The molecule has 0 atom stereocenters. The van der Waals surface area contributed by atoms with Crippen LogP contribution in [0.15, 0.2) is 36.4 Å². The summed E-state index contributed by atoms with van der Waals surface area (Å²) >= 11 is 1.60. The lowest BCUT2D eigenvalue weighted by atomic mass is 9.81. The average molecular weight is 335 g/mol. The lowest BCUT2D eigenvalue weighted by Gasteiger charge is -2.35. The van der Waals surface area contributed by atoms with Crippen molar-refractivity contribution in [1.82, 2.24) is 5.32 Å². The SMILES string of the molecule is OCC1(CNCc2ccc(-c3ccccc3F)s2)CCOCC1. The Morgan fingerprint density at radius 3 is 2.70 bits per heavy atom. The van der Waals surface area contributed by atoms with Crippen LogP contribution in [0, 0.1) is 11.2 Å². The van der Waals surface area contributed by atoms with Gasteiger partial charge < -0.3 is 15.2 Å². The number of rotatable bonds is 6. The molecule has 1 aliphatic heterocycles. The maximum Gasteiger partial charge on any atom is 0.131 e. The number of nitrogens with one attached hydrogen (secondary N) is 1. The van der Waals surface area contributed by atoms with Crippen LogP contribution in [0.4, 0.5) is 4.39 Å². The van der Waals surface area contributed by atoms with Crippen LogP contribution in [0.1, 0.15) is 17.7 Å². The highest BCUT2D eigenvalue weighted by Crippen LogP contribution is 2.31. The fraction of sp³-hybridized carbons (Fsp3) is 0.444. The molecule has 124 valence electrons. The van der Waals surface area contributed by atoms with Crippen LogP contribution in [0.2, 0.25) is 0 Å². The zero-order valence-electron chi connectivity index (χ0n) is 13.1. The molecular weight excluding hydrogens is 313 g/mol. The van der Waals surface area contributed by atoms with Gasteiger partial charge in [-0.15, -0.1) is 11.3 Å². The summed E-state index contributed by atoms with van der Waals surface area (Å²) in [6, 6.07) is 10.9. The number of aliphatic hydroxyl groups excluding tert-OH is 1. The molecule has 0 aliphatic carbocycles. The van der Waals surface area contributed by atoms with E-state index in [0.29, 0.717) is 5.56 Å². The highest BCUT2D eigenvalue weighted by molar-refractivity contribution is 7.15. The fourth-order valence-corrected chi connectivity index (χ4v) is 3.93. The second-order valence-electron chi connectivity index (χ2n) is 6.12. The lowest BCUT2D eigenvalue weighted by Crippen LogP contribution is -2.41. The van der Waals surface area contributed by atoms with Crippen molar-refractivity contribution in [1.29, 1.82) is 0 Å². The normalized spacial score (nSPS) is 17.3. The maximum absolute atomic E-state index is 13.8. The summed E-state index contributed by atoms with van der Waals surface area (Å²) in [5, 5.41) is 13.1. The molecule has 0 bridgehead atoms. The van der Waals surface area contributed by atoms with E-state index in [4.69, 9.17) is 4.74 Å². The van der Waals surface area contributed by atoms with Crippen molar-refractivity contribution in [3.05, 3.63) is 47.1 Å². The summed E-state index contributed by atoms with van der Waals surface area (Å²) in [5.74, 6) is -0.185. The van der Waals surface area contributed by atoms with Crippen molar-refractivity contribution in [2.75, 3.05) is 26.4 Å². The molecule has 5 heteroatoms. The lowest BCUT2D eigenvalue weighted by molar-refractivity contribution is -0.0153. The third-order valence-corrected chi connectivity index (χ3v) is 5.61. The van der Waals surface area contributed by atoms with E-state index in [1.54, 1.807) is 23.5 Å². The van der Waals surface area contributed by atoms with Crippen molar-refractivity contribution in [2.24, 2.45) is 5.41 Å². The Morgan fingerprint density at radius 1 is 1.17 bits per heavy atom. The smallest absolute Gasteiger partial charge is 0.131 e. The molecule has 2 N–H and O–H groups in total. The highest BCUT2D eigenvalue weighted by Gasteiger charge is 2.31. The molecule has 0 radical (unpaired) electrons. The number of thiophene rings is 1. The van der Waals surface area contributed by atoms with Gasteiger partial charge in [0.1, 0.15) is 5.82 Å². The maximum atomic E-state index is 13.8. The van der Waals surface area contributed by atoms with E-state index in [-0.39, 0.29) is 17.8 Å². The van der Waals surface area contributed by atoms with Gasteiger partial charge in [-0.1, -0.05) is 18.2 Å². The predicted octanol–water partition coefficient (Wildman–Crippen LogP) is 3.43. The van der Waals surface area contributed by atoms with Gasteiger partial charge in [-0.25, -0.2) is 4.39 Å². The Balaban J connectivity index is 1.58. The molecule has 2 aromatic rings. The van der Waals surface area contributed by atoms with Gasteiger partial charge in [0, 0.05) is 47.0 Å². The van der Waals surface area contributed by atoms with E-state index >= 15 is 0 Å². The molecule has 1 fully saturated rings. The first-order valence-electron chi connectivity index (χ1n) is 7.95. The molecule has 0 amide bonds. The molecule has 1 aromatic heterocycles. The average Bonchev–Trinajstić information content (AvgIpc) is 3.05. The van der Waals surface area contributed by atoms with Gasteiger partial charge in [0.15, 0.2) is 0 Å². The second-order valence-corrected chi connectivity index (χ2v) is 7.29. The van der Waals surface area contributed by atoms with Gasteiger partial charge in [0.2, 0.25) is 0 Å². The molecule has 0 saturated carbocycles. The summed E-state index contributed by atoms with van der Waals surface area (Å²) in [6.45, 7) is 3.15. The molecule has 23 heavy (non-hydrogen) atoms. The molecule has 1 saturated heterocycles. The van der Waals surface area contributed by atoms with Crippen molar-refractivity contribution in [3.63, 3.8) is 0 Å². The standard InChI is InChI=1S/C18H22FNO2S/c19-16-4-2-1-3-15(16)17-6-5-14(23-17)11-20-12-18(13-21)7-9-22-10-8-18/h1-6,20-21H,7-13H2. The number of aliphatic hydroxyl groups is 1. The van der Waals surface area contributed by atoms with E-state index in [0.717, 1.165) is 44.0 Å². The Bertz CT molecular complexity index is 637. The van der Waals surface area contributed by atoms with Crippen LogP contribution in [-0.2, 0) is 11.3 Å². The largest absolute Gasteiger partial charge is 0.396 e. The van der Waals surface area contributed by atoms with Crippen LogP contribution in [-0.4, -0.2) is 31.5 Å². The zero-order chi connectivity index (χ0) is 16.1. The number of hydrogen-bond donors (Lipinski definition) is 2. The van der Waals surface area contributed by atoms with Crippen molar-refractivity contribution in [3.8, 4) is 10.4 Å². The minimum Gasteiger partial charge on any atom is -0.396 e. The second kappa shape index (κ2) is 7.53. The minimum atomic E-state index is -0.185. The molecule has 2 heterocycles. The van der Waals surface area contributed by atoms with Crippen molar-refractivity contribution < 1.29 is 14.2 Å². The Kier molecular flexibility index (Phi) is 5.43. The van der Waals surface area contributed by atoms with E-state index in [1.807, 2.05) is 18.2 Å². The molecule has 1 aromatic carbocycles. The summed E-state index contributed by atoms with van der Waals surface area (Å²) in [6.07, 6.45) is 1.78. The molecule has 0 unspecified atom stereocenters. The highest BCUT2D eigenvalue weighted by atomic mass is 32.1. The Hall–Kier alpha value is -1.27. The summed E-state index contributed by atoms with van der Waals surface area (Å²) < 4.78 is 19.2. The third-order valence-electron chi connectivity index (χ3n) is 4.49. The Morgan fingerprint density at radius 2 is 1.96 bits per heavy atom. The minimum absolute atomic E-state index is 0.0656. The number of halogens is 1. The monoisotopic (exact) mass is 335 g/mol. The van der Waals surface area contributed by atoms with Crippen LogP contribution in [0.25, 0.3) is 10.4 Å². The quantitative estimate of drug-likeness (QED) is 0.850. The van der Waals surface area contributed by atoms with Crippen LogP contribution in [0.3, 0.4) is 0 Å². The molecule has 1 aliphatic rings. The van der Waals surface area contributed by atoms with Gasteiger partial charge in [-0.3, -0.25) is 0 Å². The predicted molar refractivity (Wildman–Crippen MR) is 91.0 cm³/mol. The molecule has 0 spiro atoms. The molecule has 3 rings (SSSR count). The van der Waals surface area contributed by atoms with Gasteiger partial charge in [-0.05, 0) is 31.0 Å². The van der Waals surface area contributed by atoms with E-state index in [1.165, 1.54) is 10.9 Å². The first-order valence-corrected chi connectivity index (χ1v) is 8.77. The van der Waals surface area contributed by atoms with Crippen LogP contribution >= 0.6 is 11.3 Å². The van der Waals surface area contributed by atoms with Crippen molar-refractivity contribution >= 4 is 11.3 Å². The third kappa shape index (κ3) is 3.98. The summed E-state index contributed by atoms with van der Waals surface area (Å²) in [7, 11) is 0. The van der Waals surface area contributed by atoms with Crippen molar-refractivity contribution in [2.45, 2.75) is 19.4 Å². The first-order chi connectivity index (χ1) is 11.2. The van der Waals surface area contributed by atoms with Gasteiger partial charge in [0.05, 0.1) is 6.61 Å². The van der Waals surface area contributed by atoms with Crippen LogP contribution < -0.4 is 5.32 Å². The molecular formula is C18H22FNO2S. The van der Waals surface area contributed by atoms with Crippen LogP contribution in [0.5, 0.6) is 0 Å². The van der Waals surface area contributed by atoms with E-state index in [9.17, 15) is 9.50 Å². The van der Waals surface area contributed by atoms with Gasteiger partial charge in [0.25, 0.3) is 0 Å². The van der Waals surface area contributed by atoms with E-state index < -0.39 is 0 Å². The summed E-state index contributed by atoms with van der Waals surface area (Å²) in [4.78, 5) is 2.12. The van der Waals surface area contributed by atoms with E-state index in [2.05, 4.69) is 5.32 Å². The number of ether oxygens (including phenoxy) is 1.